The van der Waals surface area contributed by atoms with E-state index in [1.165, 1.54) is 7.11 Å². The predicted octanol–water partition coefficient (Wildman–Crippen LogP) is 1.38. The van der Waals surface area contributed by atoms with E-state index in [2.05, 4.69) is 0 Å². The van der Waals surface area contributed by atoms with Gasteiger partial charge in [-0.2, -0.15) is 0 Å². The first-order valence-electron chi connectivity index (χ1n) is 4.73. The van der Waals surface area contributed by atoms with Gasteiger partial charge in [0, 0.05) is 5.56 Å². The van der Waals surface area contributed by atoms with E-state index in [0.29, 0.717) is 16.9 Å². The van der Waals surface area contributed by atoms with E-state index in [4.69, 9.17) is 14.6 Å². The third-order valence-corrected chi connectivity index (χ3v) is 2.44. The number of carboxylic acids is 1. The van der Waals surface area contributed by atoms with E-state index in [9.17, 15) is 9.59 Å². The molecule has 0 fully saturated rings. The third-order valence-electron chi connectivity index (χ3n) is 2.44. The summed E-state index contributed by atoms with van der Waals surface area (Å²) in [5.41, 5.74) is 0.906. The minimum absolute atomic E-state index is 0.230. The van der Waals surface area contributed by atoms with Crippen molar-refractivity contribution in [3.63, 3.8) is 0 Å². The van der Waals surface area contributed by atoms with Crippen LogP contribution in [0.3, 0.4) is 0 Å². The lowest BCUT2D eigenvalue weighted by Gasteiger charge is -2.07. The number of aliphatic carboxylic acids is 1. The molecule has 1 unspecified atom stereocenters. The number of carbonyl (C=O) groups is 2. The Balaban J connectivity index is 2.43. The van der Waals surface area contributed by atoms with Gasteiger partial charge in [-0.05, 0) is 6.07 Å². The second-order valence-corrected chi connectivity index (χ2v) is 3.42. The van der Waals surface area contributed by atoms with Gasteiger partial charge in [-0.25, -0.2) is 4.79 Å². The van der Waals surface area contributed by atoms with Crippen molar-refractivity contribution in [3.8, 4) is 5.75 Å². The maximum atomic E-state index is 11.5. The lowest BCUT2D eigenvalue weighted by atomic mass is 10.0. The van der Waals surface area contributed by atoms with Crippen LogP contribution in [0.2, 0.25) is 0 Å². The van der Waals surface area contributed by atoms with Gasteiger partial charge in [-0.1, -0.05) is 12.1 Å². The minimum atomic E-state index is -1.01. The van der Waals surface area contributed by atoms with Gasteiger partial charge in [-0.15, -0.1) is 0 Å². The van der Waals surface area contributed by atoms with Crippen LogP contribution >= 0.6 is 0 Å². The van der Waals surface area contributed by atoms with Crippen LogP contribution in [0.1, 0.15) is 28.4 Å². The molecule has 1 aromatic carbocycles. The van der Waals surface area contributed by atoms with Gasteiger partial charge in [0.25, 0.3) is 0 Å². The fourth-order valence-electron chi connectivity index (χ4n) is 1.77. The summed E-state index contributed by atoms with van der Waals surface area (Å²) in [7, 11) is 1.45. The van der Waals surface area contributed by atoms with E-state index in [0.717, 1.165) is 0 Å². The zero-order valence-electron chi connectivity index (χ0n) is 8.60. The number of fused-ring (bicyclic) bond motifs is 1. The highest BCUT2D eigenvalue weighted by molar-refractivity contribution is 5.97. The Morgan fingerprint density at radius 1 is 1.56 bits per heavy atom. The molecule has 1 aromatic rings. The number of hydrogen-bond acceptors (Lipinski definition) is 4. The van der Waals surface area contributed by atoms with E-state index < -0.39 is 18.0 Å². The number of cyclic esters (lactones) is 1. The van der Waals surface area contributed by atoms with Gasteiger partial charge in [0.2, 0.25) is 0 Å². The molecule has 0 aliphatic carbocycles. The van der Waals surface area contributed by atoms with Crippen molar-refractivity contribution < 1.29 is 24.2 Å². The normalized spacial score (nSPS) is 17.8. The predicted molar refractivity (Wildman–Crippen MR) is 53.4 cm³/mol. The van der Waals surface area contributed by atoms with Crippen molar-refractivity contribution in [2.45, 2.75) is 12.5 Å². The van der Waals surface area contributed by atoms with Gasteiger partial charge in [0.05, 0.1) is 13.5 Å². The van der Waals surface area contributed by atoms with Crippen LogP contribution in [0.5, 0.6) is 5.75 Å². The molecule has 1 aliphatic heterocycles. The maximum absolute atomic E-state index is 11.5. The average molecular weight is 222 g/mol. The molecule has 5 heteroatoms. The molecule has 84 valence electrons. The first-order chi connectivity index (χ1) is 7.63. The van der Waals surface area contributed by atoms with E-state index >= 15 is 0 Å². The van der Waals surface area contributed by atoms with E-state index in [1.54, 1.807) is 18.2 Å². The van der Waals surface area contributed by atoms with Crippen LogP contribution in [0.25, 0.3) is 0 Å². The number of ether oxygens (including phenoxy) is 2. The lowest BCUT2D eigenvalue weighted by molar-refractivity contribution is -0.139. The maximum Gasteiger partial charge on any atom is 0.342 e. The summed E-state index contributed by atoms with van der Waals surface area (Å²) in [4.78, 5) is 22.1. The topological polar surface area (TPSA) is 72.8 Å². The van der Waals surface area contributed by atoms with Crippen LogP contribution in [0.4, 0.5) is 0 Å². The highest BCUT2D eigenvalue weighted by Crippen LogP contribution is 2.37. The molecule has 1 aliphatic rings. The summed E-state index contributed by atoms with van der Waals surface area (Å²) in [6, 6.07) is 5.02. The molecule has 1 N–H and O–H groups in total. The summed E-state index contributed by atoms with van der Waals surface area (Å²) < 4.78 is 10.0. The summed E-state index contributed by atoms with van der Waals surface area (Å²) in [6.45, 7) is 0. The van der Waals surface area contributed by atoms with Gasteiger partial charge >= 0.3 is 11.9 Å². The summed E-state index contributed by atoms with van der Waals surface area (Å²) in [5, 5.41) is 8.69. The van der Waals surface area contributed by atoms with Crippen LogP contribution < -0.4 is 4.74 Å². The van der Waals surface area contributed by atoms with Crippen molar-refractivity contribution in [1.29, 1.82) is 0 Å². The average Bonchev–Trinajstić information content (AvgIpc) is 2.55. The zero-order chi connectivity index (χ0) is 11.7. The monoisotopic (exact) mass is 222 g/mol. The number of hydrogen-bond donors (Lipinski definition) is 1. The highest BCUT2D eigenvalue weighted by Gasteiger charge is 2.34. The number of benzene rings is 1. The largest absolute Gasteiger partial charge is 0.496 e. The van der Waals surface area contributed by atoms with Crippen molar-refractivity contribution in [3.05, 3.63) is 29.3 Å². The molecule has 5 nitrogen and oxygen atoms in total. The Kier molecular flexibility index (Phi) is 2.52. The molecule has 0 spiro atoms. The third kappa shape index (κ3) is 1.60. The lowest BCUT2D eigenvalue weighted by Crippen LogP contribution is -2.05. The first kappa shape index (κ1) is 10.5. The molecular weight excluding hydrogens is 212 g/mol. The van der Waals surface area contributed by atoms with Gasteiger partial charge in [0.15, 0.2) is 0 Å². The Hall–Kier alpha value is -2.04. The van der Waals surface area contributed by atoms with E-state index in [-0.39, 0.29) is 6.42 Å². The first-order valence-corrected chi connectivity index (χ1v) is 4.73. The molecule has 0 aromatic heterocycles. The van der Waals surface area contributed by atoms with Crippen molar-refractivity contribution in [2.75, 3.05) is 7.11 Å². The second-order valence-electron chi connectivity index (χ2n) is 3.42. The summed E-state index contributed by atoms with van der Waals surface area (Å²) in [6.07, 6.45) is -0.943. The fraction of sp³-hybridized carbons (Fsp3) is 0.273. The fourth-order valence-corrected chi connectivity index (χ4v) is 1.77. The van der Waals surface area contributed by atoms with E-state index in [1.807, 2.05) is 0 Å². The molecule has 0 bridgehead atoms. The number of carboxylic acid groups (broad SMARTS) is 1. The number of methoxy groups -OCH3 is 1. The Morgan fingerprint density at radius 2 is 2.31 bits per heavy atom. The van der Waals surface area contributed by atoms with Crippen LogP contribution in [-0.4, -0.2) is 24.2 Å². The molecule has 0 saturated carbocycles. The SMILES string of the molecule is COc1cccc2c1C(=O)OC2CC(=O)O. The van der Waals surface area contributed by atoms with Crippen LogP contribution in [0, 0.1) is 0 Å². The molecule has 16 heavy (non-hydrogen) atoms. The number of esters is 1. The second kappa shape index (κ2) is 3.84. The highest BCUT2D eigenvalue weighted by atomic mass is 16.6. The van der Waals surface area contributed by atoms with Crippen LogP contribution in [0.15, 0.2) is 18.2 Å². The van der Waals surface area contributed by atoms with Crippen molar-refractivity contribution in [2.24, 2.45) is 0 Å². The molecule has 2 rings (SSSR count). The molecule has 0 saturated heterocycles. The van der Waals surface area contributed by atoms with Crippen molar-refractivity contribution in [1.82, 2.24) is 0 Å². The Bertz CT molecular complexity index is 452. The molecule has 0 amide bonds. The standard InChI is InChI=1S/C11H10O5/c1-15-7-4-2-3-6-8(5-9(12)13)16-11(14)10(6)7/h2-4,8H,5H2,1H3,(H,12,13). The molecule has 0 radical (unpaired) electrons. The van der Waals surface area contributed by atoms with Gasteiger partial charge in [0.1, 0.15) is 17.4 Å². The minimum Gasteiger partial charge on any atom is -0.496 e. The molecular formula is C11H10O5. The number of carbonyl (C=O) groups excluding carboxylic acids is 1. The molecule has 1 atom stereocenters. The Morgan fingerprint density at radius 3 is 2.94 bits per heavy atom. The van der Waals surface area contributed by atoms with Crippen molar-refractivity contribution >= 4 is 11.9 Å². The zero-order valence-corrected chi connectivity index (χ0v) is 8.60. The summed E-state index contributed by atoms with van der Waals surface area (Å²) >= 11 is 0. The van der Waals surface area contributed by atoms with Gasteiger partial charge in [-0.3, -0.25) is 4.79 Å². The Labute approximate surface area is 91.6 Å². The van der Waals surface area contributed by atoms with Gasteiger partial charge < -0.3 is 14.6 Å². The number of rotatable bonds is 3. The van der Waals surface area contributed by atoms with Crippen LogP contribution in [-0.2, 0) is 9.53 Å². The smallest absolute Gasteiger partial charge is 0.342 e. The molecule has 1 heterocycles. The summed E-state index contributed by atoms with van der Waals surface area (Å²) in [5.74, 6) is -1.12. The quantitative estimate of drug-likeness (QED) is 0.782.